The highest BCUT2D eigenvalue weighted by Crippen LogP contribution is 2.29. The standard InChI is InChI=1S/C26H28FN7O2S/c1-15-11-16(2)31-25(30-15)33-24(28-10-9-17-14-29-21-7-5-18(27)12-20(17)21)34-26(37)32-22-8-6-19(35-3)13-23(22)36-4/h5-8,11-14,29H,9-10H2,1-4H3,(H3,28,30,31,32,33,34,37). The number of nitrogens with zero attached hydrogens (tertiary/aromatic N) is 3. The number of guanidine groups is 1. The number of fused-ring (bicyclic) bond motifs is 1. The largest absolute Gasteiger partial charge is 0.497 e. The monoisotopic (exact) mass is 521 g/mol. The number of hydrogen-bond donors (Lipinski definition) is 4. The molecule has 0 fully saturated rings. The second-order valence-electron chi connectivity index (χ2n) is 8.23. The summed E-state index contributed by atoms with van der Waals surface area (Å²) in [6.07, 6.45) is 2.45. The van der Waals surface area contributed by atoms with E-state index in [0.717, 1.165) is 27.9 Å². The number of aliphatic imine (C=N–C) groups is 1. The molecule has 37 heavy (non-hydrogen) atoms. The van der Waals surface area contributed by atoms with E-state index in [9.17, 15) is 4.39 Å². The molecule has 2 heterocycles. The van der Waals surface area contributed by atoms with E-state index in [2.05, 4.69) is 35.9 Å². The third kappa shape index (κ3) is 6.70. The maximum Gasteiger partial charge on any atom is 0.229 e. The Morgan fingerprint density at radius 1 is 1.03 bits per heavy atom. The molecule has 4 aromatic rings. The molecule has 11 heteroatoms. The van der Waals surface area contributed by atoms with Crippen LogP contribution in [0.1, 0.15) is 17.0 Å². The zero-order valence-corrected chi connectivity index (χ0v) is 21.8. The molecule has 0 atom stereocenters. The van der Waals surface area contributed by atoms with E-state index in [4.69, 9.17) is 21.7 Å². The van der Waals surface area contributed by atoms with Gasteiger partial charge in [0.1, 0.15) is 17.3 Å². The van der Waals surface area contributed by atoms with Gasteiger partial charge >= 0.3 is 0 Å². The van der Waals surface area contributed by atoms with Gasteiger partial charge in [0.2, 0.25) is 11.9 Å². The van der Waals surface area contributed by atoms with Crippen LogP contribution >= 0.6 is 12.2 Å². The van der Waals surface area contributed by atoms with E-state index in [0.29, 0.717) is 42.1 Å². The molecule has 0 aliphatic carbocycles. The first-order valence-corrected chi connectivity index (χ1v) is 11.9. The minimum Gasteiger partial charge on any atom is -0.497 e. The van der Waals surface area contributed by atoms with E-state index in [1.165, 1.54) is 12.1 Å². The number of benzene rings is 2. The average Bonchev–Trinajstić information content (AvgIpc) is 3.25. The fraction of sp³-hybridized carbons (Fsp3) is 0.231. The molecule has 0 radical (unpaired) electrons. The van der Waals surface area contributed by atoms with Crippen LogP contribution in [0.25, 0.3) is 10.9 Å². The highest BCUT2D eigenvalue weighted by Gasteiger charge is 2.11. The van der Waals surface area contributed by atoms with Gasteiger partial charge in [0.05, 0.1) is 19.9 Å². The lowest BCUT2D eigenvalue weighted by atomic mass is 10.1. The Morgan fingerprint density at radius 2 is 1.81 bits per heavy atom. The number of H-pyrrole nitrogens is 1. The van der Waals surface area contributed by atoms with Gasteiger partial charge in [-0.2, -0.15) is 0 Å². The van der Waals surface area contributed by atoms with Crippen molar-refractivity contribution < 1.29 is 13.9 Å². The molecule has 2 aromatic carbocycles. The number of aryl methyl sites for hydroxylation is 2. The van der Waals surface area contributed by atoms with Gasteiger partial charge in [-0.25, -0.2) is 14.4 Å². The quantitative estimate of drug-likeness (QED) is 0.157. The van der Waals surface area contributed by atoms with Crippen LogP contribution in [0.15, 0.2) is 53.7 Å². The first kappa shape index (κ1) is 25.8. The van der Waals surface area contributed by atoms with E-state index < -0.39 is 0 Å². The summed E-state index contributed by atoms with van der Waals surface area (Å²) in [4.78, 5) is 16.7. The smallest absolute Gasteiger partial charge is 0.229 e. The molecule has 0 saturated heterocycles. The van der Waals surface area contributed by atoms with Gasteiger partial charge in [-0.3, -0.25) is 10.3 Å². The van der Waals surface area contributed by atoms with Crippen LogP contribution < -0.4 is 25.4 Å². The zero-order valence-electron chi connectivity index (χ0n) is 21.0. The average molecular weight is 522 g/mol. The van der Waals surface area contributed by atoms with E-state index >= 15 is 0 Å². The third-order valence-electron chi connectivity index (χ3n) is 5.48. The predicted octanol–water partition coefficient (Wildman–Crippen LogP) is 4.73. The number of aromatic amines is 1. The van der Waals surface area contributed by atoms with Crippen molar-refractivity contribution in [2.45, 2.75) is 20.3 Å². The number of halogens is 1. The van der Waals surface area contributed by atoms with Gasteiger partial charge in [0.25, 0.3) is 0 Å². The summed E-state index contributed by atoms with van der Waals surface area (Å²) in [6, 6.07) is 11.9. The summed E-state index contributed by atoms with van der Waals surface area (Å²) in [6.45, 7) is 4.18. The highest BCUT2D eigenvalue weighted by atomic mass is 32.1. The lowest BCUT2D eigenvalue weighted by Gasteiger charge is -2.16. The van der Waals surface area contributed by atoms with Gasteiger partial charge in [0.15, 0.2) is 5.11 Å². The van der Waals surface area contributed by atoms with Crippen molar-refractivity contribution in [3.05, 3.63) is 71.4 Å². The molecule has 0 amide bonds. The lowest BCUT2D eigenvalue weighted by Crippen LogP contribution is -2.39. The van der Waals surface area contributed by atoms with Gasteiger partial charge in [-0.15, -0.1) is 0 Å². The van der Waals surface area contributed by atoms with Crippen LogP contribution in [-0.2, 0) is 6.42 Å². The SMILES string of the molecule is COc1ccc(NC(=S)NC(=NCCc2c[nH]c3ccc(F)cc23)Nc2nc(C)cc(C)n2)c(OC)c1. The summed E-state index contributed by atoms with van der Waals surface area (Å²) in [5.74, 6) is 1.70. The molecule has 4 N–H and O–H groups in total. The summed E-state index contributed by atoms with van der Waals surface area (Å²) in [5, 5.41) is 10.4. The molecular formula is C26H28FN7O2S. The molecule has 4 rings (SSSR count). The van der Waals surface area contributed by atoms with Gasteiger partial charge in [-0.1, -0.05) is 0 Å². The molecule has 0 spiro atoms. The minimum absolute atomic E-state index is 0.279. The van der Waals surface area contributed by atoms with Gasteiger partial charge in [-0.05, 0) is 74.4 Å². The van der Waals surface area contributed by atoms with Crippen LogP contribution in [0.4, 0.5) is 16.0 Å². The second kappa shape index (κ2) is 11.7. The maximum atomic E-state index is 13.8. The Bertz CT molecular complexity index is 1430. The zero-order chi connectivity index (χ0) is 26.4. The molecular weight excluding hydrogens is 493 g/mol. The van der Waals surface area contributed by atoms with E-state index in [1.54, 1.807) is 38.5 Å². The fourth-order valence-corrected chi connectivity index (χ4v) is 4.01. The molecule has 0 aliphatic heterocycles. The Morgan fingerprint density at radius 3 is 2.54 bits per heavy atom. The van der Waals surface area contributed by atoms with E-state index in [-0.39, 0.29) is 10.9 Å². The number of aromatic nitrogens is 3. The number of anilines is 2. The van der Waals surface area contributed by atoms with Crippen LogP contribution in [0.5, 0.6) is 11.5 Å². The van der Waals surface area contributed by atoms with Crippen molar-refractivity contribution in [1.29, 1.82) is 0 Å². The summed E-state index contributed by atoms with van der Waals surface area (Å²) < 4.78 is 24.5. The number of hydrogen-bond acceptors (Lipinski definition) is 6. The van der Waals surface area contributed by atoms with Crippen molar-refractivity contribution >= 4 is 45.8 Å². The Balaban J connectivity index is 1.52. The van der Waals surface area contributed by atoms with Gasteiger partial charge < -0.3 is 25.1 Å². The van der Waals surface area contributed by atoms with Crippen molar-refractivity contribution in [3.63, 3.8) is 0 Å². The topological polar surface area (TPSA) is 108 Å². The fourth-order valence-electron chi connectivity index (χ4n) is 3.81. The predicted molar refractivity (Wildman–Crippen MR) is 148 cm³/mol. The van der Waals surface area contributed by atoms with E-state index in [1.807, 2.05) is 26.1 Å². The highest BCUT2D eigenvalue weighted by molar-refractivity contribution is 7.80. The summed E-state index contributed by atoms with van der Waals surface area (Å²) >= 11 is 5.54. The van der Waals surface area contributed by atoms with Crippen LogP contribution in [0.3, 0.4) is 0 Å². The number of nitrogens with one attached hydrogen (secondary N) is 4. The minimum atomic E-state index is -0.279. The number of methoxy groups -OCH3 is 2. The van der Waals surface area contributed by atoms with Crippen LogP contribution in [0.2, 0.25) is 0 Å². The van der Waals surface area contributed by atoms with Gasteiger partial charge in [0, 0.05) is 41.1 Å². The molecule has 0 saturated carbocycles. The molecule has 0 bridgehead atoms. The number of rotatable bonds is 7. The number of thiocarbonyl (C=S) groups is 1. The molecule has 2 aromatic heterocycles. The Labute approximate surface area is 219 Å². The summed E-state index contributed by atoms with van der Waals surface area (Å²) in [7, 11) is 3.16. The normalized spacial score (nSPS) is 11.3. The Hall–Kier alpha value is -4.25. The Kier molecular flexibility index (Phi) is 8.14. The van der Waals surface area contributed by atoms with Crippen molar-refractivity contribution in [2.75, 3.05) is 31.4 Å². The first-order valence-electron chi connectivity index (χ1n) is 11.5. The lowest BCUT2D eigenvalue weighted by molar-refractivity contribution is 0.395. The van der Waals surface area contributed by atoms with Crippen LogP contribution in [-0.4, -0.2) is 46.8 Å². The maximum absolute atomic E-state index is 13.8. The summed E-state index contributed by atoms with van der Waals surface area (Å²) in [5.41, 5.74) is 4.13. The molecule has 0 unspecified atom stereocenters. The van der Waals surface area contributed by atoms with Crippen molar-refractivity contribution in [1.82, 2.24) is 20.3 Å². The van der Waals surface area contributed by atoms with Crippen LogP contribution in [0, 0.1) is 19.7 Å². The molecule has 9 nitrogen and oxygen atoms in total. The first-order chi connectivity index (χ1) is 17.8. The molecule has 192 valence electrons. The van der Waals surface area contributed by atoms with Crippen molar-refractivity contribution in [3.8, 4) is 11.5 Å². The third-order valence-corrected chi connectivity index (χ3v) is 5.69. The second-order valence-corrected chi connectivity index (χ2v) is 8.64. The number of ether oxygens (including phenoxy) is 2. The molecule has 0 aliphatic rings. The van der Waals surface area contributed by atoms with Crippen molar-refractivity contribution in [2.24, 2.45) is 4.99 Å².